The van der Waals surface area contributed by atoms with Crippen LogP contribution in [0.3, 0.4) is 0 Å². The number of rotatable bonds is 8. The van der Waals surface area contributed by atoms with Gasteiger partial charge < -0.3 is 10.1 Å². The summed E-state index contributed by atoms with van der Waals surface area (Å²) < 4.78 is 31.7. The number of nitrogens with zero attached hydrogens (tertiary/aromatic N) is 1. The SMILES string of the molecule is CS(=O)(=O)N(Cc1ccccc1Cl)c1ccc(OCC(=O)Nc2cccc3ccccc23)cc1. The van der Waals surface area contributed by atoms with Gasteiger partial charge in [0.2, 0.25) is 10.0 Å². The van der Waals surface area contributed by atoms with E-state index in [0.29, 0.717) is 27.7 Å². The molecule has 1 N–H and O–H groups in total. The van der Waals surface area contributed by atoms with Crippen LogP contribution in [0.2, 0.25) is 5.02 Å². The molecule has 0 aliphatic heterocycles. The average Bonchev–Trinajstić information content (AvgIpc) is 2.82. The third kappa shape index (κ3) is 5.68. The molecule has 0 saturated heterocycles. The molecule has 174 valence electrons. The summed E-state index contributed by atoms with van der Waals surface area (Å²) in [6, 6.07) is 27.1. The summed E-state index contributed by atoms with van der Waals surface area (Å²) in [5.41, 5.74) is 1.88. The molecule has 8 heteroatoms. The molecule has 0 aliphatic carbocycles. The maximum Gasteiger partial charge on any atom is 0.262 e. The first-order chi connectivity index (χ1) is 16.3. The lowest BCUT2D eigenvalue weighted by molar-refractivity contribution is -0.118. The van der Waals surface area contributed by atoms with Crippen molar-refractivity contribution in [3.05, 3.63) is 102 Å². The van der Waals surface area contributed by atoms with Crippen LogP contribution in [-0.4, -0.2) is 27.2 Å². The number of anilines is 2. The number of carbonyl (C=O) groups excluding carboxylic acids is 1. The quantitative estimate of drug-likeness (QED) is 0.352. The van der Waals surface area contributed by atoms with Gasteiger partial charge in [0.05, 0.1) is 18.5 Å². The molecule has 4 rings (SSSR count). The Morgan fingerprint density at radius 1 is 0.912 bits per heavy atom. The lowest BCUT2D eigenvalue weighted by Crippen LogP contribution is -2.29. The summed E-state index contributed by atoms with van der Waals surface area (Å²) >= 11 is 6.21. The smallest absolute Gasteiger partial charge is 0.262 e. The number of amides is 1. The second kappa shape index (κ2) is 10.2. The Labute approximate surface area is 203 Å². The highest BCUT2D eigenvalue weighted by Crippen LogP contribution is 2.26. The van der Waals surface area contributed by atoms with Gasteiger partial charge in [-0.1, -0.05) is 66.2 Å². The fourth-order valence-corrected chi connectivity index (χ4v) is 4.63. The number of benzene rings is 4. The Hall–Kier alpha value is -3.55. The molecule has 0 spiro atoms. The number of nitrogens with one attached hydrogen (secondary N) is 1. The van der Waals surface area contributed by atoms with Crippen LogP contribution in [0.25, 0.3) is 10.8 Å². The van der Waals surface area contributed by atoms with Gasteiger partial charge in [0.1, 0.15) is 5.75 Å². The van der Waals surface area contributed by atoms with E-state index < -0.39 is 10.0 Å². The van der Waals surface area contributed by atoms with Gasteiger partial charge in [0, 0.05) is 16.1 Å². The third-order valence-electron chi connectivity index (χ3n) is 5.23. The van der Waals surface area contributed by atoms with E-state index in [-0.39, 0.29) is 19.1 Å². The van der Waals surface area contributed by atoms with Gasteiger partial charge in [-0.3, -0.25) is 9.10 Å². The third-order valence-corrected chi connectivity index (χ3v) is 6.74. The molecule has 0 radical (unpaired) electrons. The van der Waals surface area contributed by atoms with Crippen molar-refractivity contribution in [2.45, 2.75) is 6.54 Å². The van der Waals surface area contributed by atoms with Crippen molar-refractivity contribution in [3.63, 3.8) is 0 Å². The van der Waals surface area contributed by atoms with E-state index in [4.69, 9.17) is 16.3 Å². The minimum absolute atomic E-state index is 0.103. The molecule has 34 heavy (non-hydrogen) atoms. The molecule has 0 heterocycles. The lowest BCUT2D eigenvalue weighted by Gasteiger charge is -2.23. The van der Waals surface area contributed by atoms with Crippen LogP contribution in [0.5, 0.6) is 5.75 Å². The van der Waals surface area contributed by atoms with E-state index >= 15 is 0 Å². The largest absolute Gasteiger partial charge is 0.484 e. The first-order valence-corrected chi connectivity index (χ1v) is 12.8. The predicted octanol–water partition coefficient (Wildman–Crippen LogP) is 5.48. The van der Waals surface area contributed by atoms with Crippen molar-refractivity contribution in [1.82, 2.24) is 0 Å². The van der Waals surface area contributed by atoms with E-state index in [1.54, 1.807) is 42.5 Å². The summed E-state index contributed by atoms with van der Waals surface area (Å²) in [5, 5.41) is 5.34. The molecule has 4 aromatic carbocycles. The Morgan fingerprint density at radius 2 is 1.59 bits per heavy atom. The maximum atomic E-state index is 12.4. The number of carbonyl (C=O) groups is 1. The Morgan fingerprint density at radius 3 is 2.32 bits per heavy atom. The van der Waals surface area contributed by atoms with Crippen molar-refractivity contribution in [1.29, 1.82) is 0 Å². The Kier molecular flexibility index (Phi) is 7.05. The van der Waals surface area contributed by atoms with Crippen LogP contribution in [0.1, 0.15) is 5.56 Å². The first kappa shape index (κ1) is 23.6. The highest BCUT2D eigenvalue weighted by atomic mass is 35.5. The first-order valence-electron chi connectivity index (χ1n) is 10.5. The zero-order chi connectivity index (χ0) is 24.1. The maximum absolute atomic E-state index is 12.4. The number of halogens is 1. The van der Waals surface area contributed by atoms with Gasteiger partial charge >= 0.3 is 0 Å². The lowest BCUT2D eigenvalue weighted by atomic mass is 10.1. The molecule has 0 fully saturated rings. The molecule has 6 nitrogen and oxygen atoms in total. The van der Waals surface area contributed by atoms with Crippen LogP contribution < -0.4 is 14.4 Å². The Balaban J connectivity index is 1.42. The summed E-state index contributed by atoms with van der Waals surface area (Å²) in [6.45, 7) is -0.0792. The van der Waals surface area contributed by atoms with Crippen molar-refractivity contribution >= 4 is 49.7 Å². The summed E-state index contributed by atoms with van der Waals surface area (Å²) in [7, 11) is -3.55. The molecular weight excluding hydrogens is 472 g/mol. The van der Waals surface area contributed by atoms with Crippen molar-refractivity contribution in [2.75, 3.05) is 22.5 Å². The zero-order valence-electron chi connectivity index (χ0n) is 18.4. The van der Waals surface area contributed by atoms with E-state index in [0.717, 1.165) is 17.0 Å². The van der Waals surface area contributed by atoms with Crippen LogP contribution >= 0.6 is 11.6 Å². The molecule has 0 saturated carbocycles. The minimum atomic E-state index is -3.55. The summed E-state index contributed by atoms with van der Waals surface area (Å²) in [4.78, 5) is 12.4. The van der Waals surface area contributed by atoms with Gasteiger partial charge in [-0.25, -0.2) is 8.42 Å². The number of hydrogen-bond acceptors (Lipinski definition) is 4. The monoisotopic (exact) mass is 494 g/mol. The van der Waals surface area contributed by atoms with Crippen molar-refractivity contribution < 1.29 is 17.9 Å². The molecule has 1 amide bonds. The average molecular weight is 495 g/mol. The van der Waals surface area contributed by atoms with Gasteiger partial charge in [-0.15, -0.1) is 0 Å². The molecule has 0 aromatic heterocycles. The minimum Gasteiger partial charge on any atom is -0.484 e. The fraction of sp³-hybridized carbons (Fsp3) is 0.115. The van der Waals surface area contributed by atoms with Crippen LogP contribution in [0.15, 0.2) is 91.0 Å². The van der Waals surface area contributed by atoms with E-state index in [1.165, 1.54) is 4.31 Å². The van der Waals surface area contributed by atoms with Crippen molar-refractivity contribution in [2.24, 2.45) is 0 Å². The summed E-state index contributed by atoms with van der Waals surface area (Å²) in [5.74, 6) is 0.153. The highest BCUT2D eigenvalue weighted by Gasteiger charge is 2.19. The van der Waals surface area contributed by atoms with Crippen LogP contribution in [0.4, 0.5) is 11.4 Å². The van der Waals surface area contributed by atoms with Gasteiger partial charge in [-0.05, 0) is 47.3 Å². The molecule has 0 unspecified atom stereocenters. The number of ether oxygens (including phenoxy) is 1. The van der Waals surface area contributed by atoms with Crippen LogP contribution in [-0.2, 0) is 21.4 Å². The second-order valence-electron chi connectivity index (χ2n) is 7.72. The molecular formula is C26H23ClN2O4S. The molecule has 0 atom stereocenters. The second-order valence-corrected chi connectivity index (χ2v) is 10.0. The van der Waals surface area contributed by atoms with E-state index in [1.807, 2.05) is 48.5 Å². The predicted molar refractivity (Wildman–Crippen MR) is 137 cm³/mol. The zero-order valence-corrected chi connectivity index (χ0v) is 20.0. The highest BCUT2D eigenvalue weighted by molar-refractivity contribution is 7.92. The van der Waals surface area contributed by atoms with Crippen LogP contribution in [0, 0.1) is 0 Å². The van der Waals surface area contributed by atoms with E-state index in [9.17, 15) is 13.2 Å². The van der Waals surface area contributed by atoms with Gasteiger partial charge in [0.25, 0.3) is 5.91 Å². The normalized spacial score (nSPS) is 11.2. The van der Waals surface area contributed by atoms with Crippen molar-refractivity contribution in [3.8, 4) is 5.75 Å². The fourth-order valence-electron chi connectivity index (χ4n) is 3.56. The van der Waals surface area contributed by atoms with Gasteiger partial charge in [-0.2, -0.15) is 0 Å². The summed E-state index contributed by atoms with van der Waals surface area (Å²) in [6.07, 6.45) is 1.14. The van der Waals surface area contributed by atoms with E-state index in [2.05, 4.69) is 5.32 Å². The topological polar surface area (TPSA) is 75.7 Å². The Bertz CT molecular complexity index is 1420. The molecule has 0 aliphatic rings. The number of hydrogen-bond donors (Lipinski definition) is 1. The van der Waals surface area contributed by atoms with Gasteiger partial charge in [0.15, 0.2) is 6.61 Å². The molecule has 4 aromatic rings. The number of fused-ring (bicyclic) bond motifs is 1. The molecule has 0 bridgehead atoms. The number of sulfonamides is 1. The standard InChI is InChI=1S/C26H23ClN2O4S/c1-34(31,32)29(17-20-8-3-5-11-24(20)27)21-13-15-22(16-14-21)33-18-26(30)28-25-12-6-9-19-7-2-4-10-23(19)25/h2-16H,17-18H2,1H3,(H,28,30).